The van der Waals surface area contributed by atoms with Crippen LogP contribution in [0.1, 0.15) is 5.56 Å². The van der Waals surface area contributed by atoms with Gasteiger partial charge in [-0.25, -0.2) is 0 Å². The van der Waals surface area contributed by atoms with Crippen molar-refractivity contribution in [3.8, 4) is 57.5 Å². The number of phenols is 2. The Morgan fingerprint density at radius 3 is 1.05 bits per heavy atom. The first-order valence-electron chi connectivity index (χ1n) is 24.0. The van der Waals surface area contributed by atoms with Crippen molar-refractivity contribution in [3.63, 3.8) is 0 Å². The maximum absolute atomic E-state index is 9.04. The number of methoxy groups -OCH3 is 4. The summed E-state index contributed by atoms with van der Waals surface area (Å²) in [6.45, 7) is 0.0285. The highest BCUT2D eigenvalue weighted by Gasteiger charge is 2.08. The second-order valence-corrected chi connectivity index (χ2v) is 16.3. The normalized spacial score (nSPS) is 10.1. The fourth-order valence-corrected chi connectivity index (χ4v) is 7.26. The molecule has 0 unspecified atom stereocenters. The SMILES string of the molecule is COc1ccc(O)cc1.COc1ccc2oc3ccccc3c2c1.COc1ccc2oc3ccccc3c2c1.COc1ccccc1.OCc1ccc(Oc2cccc(Oc3ccccc3)c2)cc1.Oc1ccccc1. The van der Waals surface area contributed by atoms with Crippen LogP contribution in [0.4, 0.5) is 0 Å². The lowest BCUT2D eigenvalue weighted by Crippen LogP contribution is -1.88. The van der Waals surface area contributed by atoms with Gasteiger partial charge in [-0.1, -0.05) is 109 Å². The molecule has 11 nitrogen and oxygen atoms in total. The van der Waals surface area contributed by atoms with Crippen LogP contribution < -0.4 is 28.4 Å². The predicted octanol–water partition coefficient (Wildman–Crippen LogP) is 16.4. The van der Waals surface area contributed by atoms with E-state index in [-0.39, 0.29) is 12.4 Å². The molecule has 0 aliphatic carbocycles. The van der Waals surface area contributed by atoms with E-state index in [1.807, 2.05) is 188 Å². The van der Waals surface area contributed by atoms with E-state index in [9.17, 15) is 0 Å². The van der Waals surface area contributed by atoms with Crippen molar-refractivity contribution in [1.82, 2.24) is 0 Å². The average Bonchev–Trinajstić information content (AvgIpc) is 4.06. The second-order valence-electron chi connectivity index (χ2n) is 16.3. The number of aliphatic hydroxyl groups is 1. The number of furan rings is 2. The molecule has 0 aliphatic rings. The van der Waals surface area contributed by atoms with Crippen molar-refractivity contribution in [1.29, 1.82) is 0 Å². The van der Waals surface area contributed by atoms with Crippen LogP contribution in [0.3, 0.4) is 0 Å². The zero-order chi connectivity index (χ0) is 53.3. The summed E-state index contributed by atoms with van der Waals surface area (Å²) >= 11 is 0. The molecule has 0 aliphatic heterocycles. The summed E-state index contributed by atoms with van der Waals surface area (Å²) in [7, 11) is 6.59. The molecule has 0 saturated carbocycles. The molecule has 0 saturated heterocycles. The van der Waals surface area contributed by atoms with Gasteiger partial charge in [-0.3, -0.25) is 0 Å². The van der Waals surface area contributed by atoms with Gasteiger partial charge in [0.1, 0.15) is 79.8 Å². The van der Waals surface area contributed by atoms with E-state index in [2.05, 4.69) is 12.1 Å². The van der Waals surface area contributed by atoms with Crippen LogP contribution in [0.15, 0.2) is 258 Å². The van der Waals surface area contributed by atoms with Gasteiger partial charge in [0.25, 0.3) is 0 Å². The zero-order valence-electron chi connectivity index (χ0n) is 42.5. The molecule has 0 amide bonds. The highest BCUT2D eigenvalue weighted by Crippen LogP contribution is 2.33. The number of aliphatic hydroxyl groups excluding tert-OH is 1. The first kappa shape index (κ1) is 53.9. The number of rotatable bonds is 9. The van der Waals surface area contributed by atoms with Crippen LogP contribution in [0.25, 0.3) is 43.9 Å². The van der Waals surface area contributed by atoms with E-state index < -0.39 is 0 Å². The molecule has 2 heterocycles. The molecule has 0 radical (unpaired) electrons. The van der Waals surface area contributed by atoms with E-state index in [0.717, 1.165) is 83.9 Å². The van der Waals surface area contributed by atoms with Gasteiger partial charge in [0.05, 0.1) is 35.0 Å². The molecule has 2 aromatic heterocycles. The van der Waals surface area contributed by atoms with Crippen molar-refractivity contribution >= 4 is 43.9 Å². The van der Waals surface area contributed by atoms with Crippen molar-refractivity contribution in [2.24, 2.45) is 0 Å². The minimum absolute atomic E-state index is 0.0285. The molecule has 0 spiro atoms. The van der Waals surface area contributed by atoms with Crippen LogP contribution >= 0.6 is 0 Å². The van der Waals surface area contributed by atoms with E-state index >= 15 is 0 Å². The molecule has 10 aromatic carbocycles. The Morgan fingerprint density at radius 2 is 0.632 bits per heavy atom. The number of ether oxygens (including phenoxy) is 6. The van der Waals surface area contributed by atoms with Crippen LogP contribution in [-0.2, 0) is 6.61 Å². The van der Waals surface area contributed by atoms with Crippen molar-refractivity contribution < 1.29 is 52.6 Å². The lowest BCUT2D eigenvalue weighted by molar-refractivity contribution is 0.281. The van der Waals surface area contributed by atoms with Crippen LogP contribution in [0.2, 0.25) is 0 Å². The summed E-state index contributed by atoms with van der Waals surface area (Å²) < 4.78 is 43.1. The van der Waals surface area contributed by atoms with Gasteiger partial charge in [0.15, 0.2) is 0 Å². The molecular weight excluding hydrogens is 957 g/mol. The Morgan fingerprint density at radius 1 is 0.289 bits per heavy atom. The van der Waals surface area contributed by atoms with Crippen LogP contribution in [0.5, 0.6) is 57.5 Å². The molecule has 384 valence electrons. The third kappa shape index (κ3) is 16.1. The lowest BCUT2D eigenvalue weighted by atomic mass is 10.1. The number of benzene rings is 10. The summed E-state index contributed by atoms with van der Waals surface area (Å²) in [5.74, 6) is 6.88. The summed E-state index contributed by atoms with van der Waals surface area (Å²) in [5, 5.41) is 30.9. The number of para-hydroxylation sites is 5. The molecule has 11 heteroatoms. The van der Waals surface area contributed by atoms with E-state index in [4.69, 9.17) is 52.6 Å². The topological polar surface area (TPSA) is 142 Å². The Labute approximate surface area is 441 Å². The quantitative estimate of drug-likeness (QED) is 0.127. The van der Waals surface area contributed by atoms with E-state index in [0.29, 0.717) is 17.2 Å². The predicted molar refractivity (Wildman–Crippen MR) is 302 cm³/mol. The molecule has 0 fully saturated rings. The number of hydrogen-bond acceptors (Lipinski definition) is 11. The summed E-state index contributed by atoms with van der Waals surface area (Å²) in [5.41, 5.74) is 4.49. The minimum atomic E-state index is 0.0285. The molecular formula is C65H58O11. The molecule has 0 atom stereocenters. The van der Waals surface area contributed by atoms with Crippen LogP contribution in [0, 0.1) is 0 Å². The fraction of sp³-hybridized carbons (Fsp3) is 0.0769. The first-order valence-corrected chi connectivity index (χ1v) is 24.0. The number of hydrogen-bond donors (Lipinski definition) is 3. The zero-order valence-corrected chi connectivity index (χ0v) is 42.5. The van der Waals surface area contributed by atoms with Gasteiger partial charge in [0.2, 0.25) is 0 Å². The van der Waals surface area contributed by atoms with Crippen molar-refractivity contribution in [2.75, 3.05) is 28.4 Å². The second kappa shape index (κ2) is 28.4. The summed E-state index contributed by atoms with van der Waals surface area (Å²) in [4.78, 5) is 0. The largest absolute Gasteiger partial charge is 0.508 e. The average molecular weight is 1020 g/mol. The monoisotopic (exact) mass is 1010 g/mol. The molecule has 76 heavy (non-hydrogen) atoms. The summed E-state index contributed by atoms with van der Waals surface area (Å²) in [6.07, 6.45) is 0. The Kier molecular flexibility index (Phi) is 20.2. The van der Waals surface area contributed by atoms with E-state index in [1.54, 1.807) is 77.0 Å². The van der Waals surface area contributed by atoms with Gasteiger partial charge < -0.3 is 52.6 Å². The van der Waals surface area contributed by atoms with Crippen molar-refractivity contribution in [3.05, 3.63) is 254 Å². The maximum atomic E-state index is 9.04. The highest BCUT2D eigenvalue weighted by molar-refractivity contribution is 6.06. The van der Waals surface area contributed by atoms with Gasteiger partial charge in [-0.2, -0.15) is 0 Å². The minimum Gasteiger partial charge on any atom is -0.508 e. The third-order valence-corrected chi connectivity index (χ3v) is 11.1. The Bertz CT molecular complexity index is 3460. The fourth-order valence-electron chi connectivity index (χ4n) is 7.26. The molecule has 3 N–H and O–H groups in total. The Balaban J connectivity index is 0.000000139. The number of fused-ring (bicyclic) bond motifs is 6. The number of phenolic OH excluding ortho intramolecular Hbond substituents is 2. The number of aromatic hydroxyl groups is 2. The third-order valence-electron chi connectivity index (χ3n) is 11.1. The van der Waals surface area contributed by atoms with Crippen molar-refractivity contribution in [2.45, 2.75) is 6.61 Å². The highest BCUT2D eigenvalue weighted by atomic mass is 16.5. The van der Waals surface area contributed by atoms with Gasteiger partial charge in [-0.15, -0.1) is 0 Å². The van der Waals surface area contributed by atoms with Gasteiger partial charge >= 0.3 is 0 Å². The van der Waals surface area contributed by atoms with Gasteiger partial charge in [0, 0.05) is 27.6 Å². The summed E-state index contributed by atoms with van der Waals surface area (Å²) in [6, 6.07) is 77.1. The van der Waals surface area contributed by atoms with Gasteiger partial charge in [-0.05, 0) is 139 Å². The maximum Gasteiger partial charge on any atom is 0.135 e. The first-order chi connectivity index (χ1) is 37.2. The smallest absolute Gasteiger partial charge is 0.135 e. The molecule has 0 bridgehead atoms. The lowest BCUT2D eigenvalue weighted by Gasteiger charge is -2.09. The molecule has 12 rings (SSSR count). The molecule has 12 aromatic rings. The Hall–Kier alpha value is -9.84. The van der Waals surface area contributed by atoms with E-state index in [1.165, 1.54) is 0 Å². The van der Waals surface area contributed by atoms with Crippen LogP contribution in [-0.4, -0.2) is 43.8 Å². The standard InChI is InChI=1S/C19H16O3.2C13H10O2.C7H8O2.C7H8O.C6H6O/c20-14-15-9-11-17(12-10-15)22-19-8-4-7-18(13-19)21-16-5-2-1-3-6-16;2*1-14-9-6-7-13-11(8-9)10-4-2-3-5-12(10)15-13;1-9-7-4-2-6(8)3-5-7;1-8-7-5-3-2-4-6-7;7-6-4-2-1-3-5-6/h1-13,20H,14H2;2*2-8H,1H3;2-5,8H,1H3;2-6H,1H3;1-5,7H.